The molecule has 0 spiro atoms. The Morgan fingerprint density at radius 2 is 1.80 bits per heavy atom. The summed E-state index contributed by atoms with van der Waals surface area (Å²) < 4.78 is 16.5. The highest BCUT2D eigenvalue weighted by Crippen LogP contribution is 2.29. The maximum absolute atomic E-state index is 12.4. The second-order valence-corrected chi connectivity index (χ2v) is 7.36. The molecule has 1 aliphatic rings. The van der Waals surface area contributed by atoms with E-state index >= 15 is 0 Å². The quantitative estimate of drug-likeness (QED) is 0.580. The van der Waals surface area contributed by atoms with Crippen LogP contribution in [0.1, 0.15) is 31.6 Å². The summed E-state index contributed by atoms with van der Waals surface area (Å²) in [5.74, 6) is 0.722. The van der Waals surface area contributed by atoms with Crippen LogP contribution in [0.5, 0.6) is 5.75 Å². The molecule has 156 valence electrons. The van der Waals surface area contributed by atoms with Crippen LogP contribution in [0.25, 0.3) is 11.1 Å². The Balaban J connectivity index is 1.23. The van der Waals surface area contributed by atoms with Crippen LogP contribution >= 0.6 is 0 Å². The third-order valence-corrected chi connectivity index (χ3v) is 5.23. The molecule has 7 heteroatoms. The summed E-state index contributed by atoms with van der Waals surface area (Å²) in [5, 5.41) is 0. The predicted molar refractivity (Wildman–Crippen MR) is 110 cm³/mol. The van der Waals surface area contributed by atoms with E-state index in [9.17, 15) is 9.59 Å². The summed E-state index contributed by atoms with van der Waals surface area (Å²) in [7, 11) is 0. The standard InChI is InChI=1S/C23H24N2O5/c1-16(29-18-7-3-2-4-8-18)23(27)28-15-21(26)25-13-11-17(12-14-25)22-24-19-9-5-6-10-20(19)30-22/h2-10,16-17H,11-15H2,1H3/t16-/m1/s1. The van der Waals surface area contributed by atoms with Gasteiger partial charge in [-0.3, -0.25) is 4.79 Å². The van der Waals surface area contributed by atoms with Gasteiger partial charge in [-0.2, -0.15) is 0 Å². The van der Waals surface area contributed by atoms with Gasteiger partial charge in [0, 0.05) is 19.0 Å². The average molecular weight is 408 g/mol. The van der Waals surface area contributed by atoms with E-state index in [-0.39, 0.29) is 18.4 Å². The van der Waals surface area contributed by atoms with Gasteiger partial charge < -0.3 is 18.8 Å². The number of ether oxygens (including phenoxy) is 2. The van der Waals surface area contributed by atoms with Crippen molar-refractivity contribution in [2.24, 2.45) is 0 Å². The minimum Gasteiger partial charge on any atom is -0.479 e. The second kappa shape index (κ2) is 8.98. The van der Waals surface area contributed by atoms with Crippen molar-refractivity contribution in [1.82, 2.24) is 9.88 Å². The van der Waals surface area contributed by atoms with Gasteiger partial charge in [-0.05, 0) is 44.0 Å². The number of likely N-dealkylation sites (tertiary alicyclic amines) is 1. The SMILES string of the molecule is C[C@@H](Oc1ccccc1)C(=O)OCC(=O)N1CCC(c2nc3ccccc3o2)CC1. The number of nitrogens with zero attached hydrogens (tertiary/aromatic N) is 2. The molecular weight excluding hydrogens is 384 g/mol. The molecule has 0 N–H and O–H groups in total. The van der Waals surface area contributed by atoms with Crippen molar-refractivity contribution < 1.29 is 23.5 Å². The Morgan fingerprint density at radius 3 is 2.53 bits per heavy atom. The van der Waals surface area contributed by atoms with Gasteiger partial charge in [-0.25, -0.2) is 9.78 Å². The lowest BCUT2D eigenvalue weighted by molar-refractivity contribution is -0.157. The van der Waals surface area contributed by atoms with Crippen molar-refractivity contribution in [2.75, 3.05) is 19.7 Å². The van der Waals surface area contributed by atoms with Crippen LogP contribution in [-0.2, 0) is 14.3 Å². The number of carbonyl (C=O) groups is 2. The first-order chi connectivity index (χ1) is 14.6. The highest BCUT2D eigenvalue weighted by atomic mass is 16.6. The number of rotatable bonds is 6. The van der Waals surface area contributed by atoms with E-state index in [4.69, 9.17) is 13.9 Å². The number of oxazole rings is 1. The monoisotopic (exact) mass is 408 g/mol. The summed E-state index contributed by atoms with van der Waals surface area (Å²) >= 11 is 0. The van der Waals surface area contributed by atoms with Crippen LogP contribution in [0.4, 0.5) is 0 Å². The largest absolute Gasteiger partial charge is 0.479 e. The number of hydrogen-bond donors (Lipinski definition) is 0. The van der Waals surface area contributed by atoms with E-state index in [1.165, 1.54) is 0 Å². The fourth-order valence-electron chi connectivity index (χ4n) is 3.53. The van der Waals surface area contributed by atoms with Crippen LogP contribution in [0.3, 0.4) is 0 Å². The van der Waals surface area contributed by atoms with E-state index in [0.29, 0.717) is 18.8 Å². The minimum atomic E-state index is -0.787. The Kier molecular flexibility index (Phi) is 5.97. The van der Waals surface area contributed by atoms with Crippen LogP contribution < -0.4 is 4.74 Å². The molecule has 2 aromatic carbocycles. The summed E-state index contributed by atoms with van der Waals surface area (Å²) in [6.45, 7) is 2.48. The van der Waals surface area contributed by atoms with Crippen molar-refractivity contribution >= 4 is 23.0 Å². The molecule has 0 saturated carbocycles. The molecule has 3 aromatic rings. The van der Waals surface area contributed by atoms with Crippen LogP contribution in [0.15, 0.2) is 59.0 Å². The van der Waals surface area contributed by atoms with Gasteiger partial charge in [0.2, 0.25) is 0 Å². The molecule has 0 unspecified atom stereocenters. The summed E-state index contributed by atoms with van der Waals surface area (Å²) in [6, 6.07) is 16.7. The molecule has 0 bridgehead atoms. The molecule has 1 aromatic heterocycles. The lowest BCUT2D eigenvalue weighted by atomic mass is 9.97. The molecule has 1 saturated heterocycles. The Labute approximate surface area is 174 Å². The normalized spacial score (nSPS) is 15.7. The zero-order valence-electron chi connectivity index (χ0n) is 16.8. The lowest BCUT2D eigenvalue weighted by Crippen LogP contribution is -2.41. The lowest BCUT2D eigenvalue weighted by Gasteiger charge is -2.30. The van der Waals surface area contributed by atoms with Crippen LogP contribution in [0.2, 0.25) is 0 Å². The number of hydrogen-bond acceptors (Lipinski definition) is 6. The molecule has 0 aliphatic carbocycles. The van der Waals surface area contributed by atoms with E-state index in [1.54, 1.807) is 24.0 Å². The molecule has 0 radical (unpaired) electrons. The number of esters is 1. The zero-order valence-corrected chi connectivity index (χ0v) is 16.8. The van der Waals surface area contributed by atoms with E-state index in [1.807, 2.05) is 42.5 Å². The number of para-hydroxylation sites is 3. The Hall–Kier alpha value is -3.35. The molecular formula is C23H24N2O5. The van der Waals surface area contributed by atoms with Gasteiger partial charge in [-0.1, -0.05) is 30.3 Å². The van der Waals surface area contributed by atoms with Crippen molar-refractivity contribution in [2.45, 2.75) is 31.8 Å². The van der Waals surface area contributed by atoms with Gasteiger partial charge in [0.05, 0.1) is 0 Å². The maximum atomic E-state index is 12.4. The van der Waals surface area contributed by atoms with Gasteiger partial charge >= 0.3 is 5.97 Å². The second-order valence-electron chi connectivity index (χ2n) is 7.36. The van der Waals surface area contributed by atoms with E-state index < -0.39 is 12.1 Å². The van der Waals surface area contributed by atoms with Gasteiger partial charge in [0.1, 0.15) is 11.3 Å². The number of piperidine rings is 1. The van der Waals surface area contributed by atoms with Crippen LogP contribution in [0, 0.1) is 0 Å². The molecule has 1 amide bonds. The van der Waals surface area contributed by atoms with E-state index in [2.05, 4.69) is 4.98 Å². The number of benzene rings is 2. The molecule has 7 nitrogen and oxygen atoms in total. The first-order valence-electron chi connectivity index (χ1n) is 10.1. The molecule has 4 rings (SSSR count). The van der Waals surface area contributed by atoms with Crippen molar-refractivity contribution in [3.63, 3.8) is 0 Å². The average Bonchev–Trinajstić information content (AvgIpc) is 3.22. The summed E-state index contributed by atoms with van der Waals surface area (Å²) in [6.07, 6.45) is 0.741. The van der Waals surface area contributed by atoms with Crippen molar-refractivity contribution in [3.05, 3.63) is 60.5 Å². The van der Waals surface area contributed by atoms with Crippen LogP contribution in [-0.4, -0.2) is 47.6 Å². The van der Waals surface area contributed by atoms with E-state index in [0.717, 1.165) is 29.8 Å². The minimum absolute atomic E-state index is 0.184. The first-order valence-corrected chi connectivity index (χ1v) is 10.1. The molecule has 1 aliphatic heterocycles. The summed E-state index contributed by atoms with van der Waals surface area (Å²) in [5.41, 5.74) is 1.63. The third-order valence-electron chi connectivity index (χ3n) is 5.23. The summed E-state index contributed by atoms with van der Waals surface area (Å²) in [4.78, 5) is 30.8. The topological polar surface area (TPSA) is 81.9 Å². The maximum Gasteiger partial charge on any atom is 0.347 e. The fraction of sp³-hybridized carbons (Fsp3) is 0.348. The smallest absolute Gasteiger partial charge is 0.347 e. The third kappa shape index (κ3) is 4.62. The van der Waals surface area contributed by atoms with Crippen molar-refractivity contribution in [1.29, 1.82) is 0 Å². The highest BCUT2D eigenvalue weighted by molar-refractivity contribution is 5.82. The molecule has 30 heavy (non-hydrogen) atoms. The van der Waals surface area contributed by atoms with Crippen molar-refractivity contribution in [3.8, 4) is 5.75 Å². The molecule has 1 atom stereocenters. The van der Waals surface area contributed by atoms with Gasteiger partial charge in [0.15, 0.2) is 24.2 Å². The Morgan fingerprint density at radius 1 is 1.10 bits per heavy atom. The molecule has 2 heterocycles. The molecule has 1 fully saturated rings. The highest BCUT2D eigenvalue weighted by Gasteiger charge is 2.28. The predicted octanol–water partition coefficient (Wildman–Crippen LogP) is 3.54. The van der Waals surface area contributed by atoms with Gasteiger partial charge in [-0.15, -0.1) is 0 Å². The zero-order chi connectivity index (χ0) is 20.9. The Bertz CT molecular complexity index is 976. The van der Waals surface area contributed by atoms with Gasteiger partial charge in [0.25, 0.3) is 5.91 Å². The number of fused-ring (bicyclic) bond motifs is 1. The number of aromatic nitrogens is 1. The number of carbonyl (C=O) groups excluding carboxylic acids is 2. The first kappa shape index (κ1) is 19.9. The number of amides is 1. The fourth-order valence-corrected chi connectivity index (χ4v) is 3.53.